The Morgan fingerprint density at radius 2 is 2.14 bits per heavy atom. The molecule has 0 aliphatic carbocycles. The van der Waals surface area contributed by atoms with E-state index in [0.29, 0.717) is 11.7 Å². The number of furan rings is 1. The Morgan fingerprint density at radius 3 is 2.86 bits per heavy atom. The number of pyridine rings is 1. The van der Waals surface area contributed by atoms with Crippen LogP contribution in [-0.2, 0) is 0 Å². The minimum Gasteiger partial charge on any atom is -0.459 e. The fourth-order valence-corrected chi connectivity index (χ4v) is 2.43. The number of rotatable bonds is 5. The molecule has 0 saturated heterocycles. The number of aromatic nitrogens is 3. The lowest BCUT2D eigenvalue weighted by Crippen LogP contribution is -2.30. The zero-order valence-electron chi connectivity index (χ0n) is 12.6. The largest absolute Gasteiger partial charge is 0.459 e. The fraction of sp³-hybridized carbons (Fsp3) is 0.312. The van der Waals surface area contributed by atoms with E-state index < -0.39 is 0 Å². The first-order valence-electron chi connectivity index (χ1n) is 7.29. The third kappa shape index (κ3) is 2.86. The van der Waals surface area contributed by atoms with E-state index in [1.165, 1.54) is 6.26 Å². The fourth-order valence-electron chi connectivity index (χ4n) is 2.43. The van der Waals surface area contributed by atoms with E-state index >= 15 is 0 Å². The van der Waals surface area contributed by atoms with Crippen molar-refractivity contribution in [1.82, 2.24) is 19.9 Å². The van der Waals surface area contributed by atoms with E-state index in [4.69, 9.17) is 4.42 Å². The number of hydrogen-bond acceptors (Lipinski definition) is 4. The van der Waals surface area contributed by atoms with E-state index in [2.05, 4.69) is 29.4 Å². The van der Waals surface area contributed by atoms with Gasteiger partial charge in [0, 0.05) is 6.20 Å². The molecule has 0 aliphatic heterocycles. The van der Waals surface area contributed by atoms with Gasteiger partial charge >= 0.3 is 0 Å². The van der Waals surface area contributed by atoms with Crippen molar-refractivity contribution in [1.29, 1.82) is 0 Å². The minimum atomic E-state index is -0.247. The number of hydrogen-bond donors (Lipinski definition) is 1. The lowest BCUT2D eigenvalue weighted by molar-refractivity contribution is 0.0901. The molecule has 3 aromatic rings. The van der Waals surface area contributed by atoms with Crippen LogP contribution in [0.2, 0.25) is 0 Å². The molecular weight excluding hydrogens is 280 g/mol. The monoisotopic (exact) mass is 298 g/mol. The van der Waals surface area contributed by atoms with Crippen molar-refractivity contribution >= 4 is 11.6 Å². The summed E-state index contributed by atoms with van der Waals surface area (Å²) in [7, 11) is 0. The molecule has 3 heterocycles. The van der Waals surface area contributed by atoms with Crippen molar-refractivity contribution < 1.29 is 9.21 Å². The Kier molecular flexibility index (Phi) is 3.91. The summed E-state index contributed by atoms with van der Waals surface area (Å²) in [5.41, 5.74) is 0.763. The average Bonchev–Trinajstić information content (AvgIpc) is 3.16. The summed E-state index contributed by atoms with van der Waals surface area (Å²) in [6, 6.07) is 8.82. The molecule has 0 saturated carbocycles. The number of carbonyl (C=O) groups is 1. The van der Waals surface area contributed by atoms with Gasteiger partial charge in [-0.25, -0.2) is 0 Å². The maximum absolute atomic E-state index is 12.3. The Labute approximate surface area is 128 Å². The summed E-state index contributed by atoms with van der Waals surface area (Å²) in [6.07, 6.45) is 4.15. The molecule has 114 valence electrons. The van der Waals surface area contributed by atoms with Gasteiger partial charge in [-0.05, 0) is 36.6 Å². The zero-order valence-corrected chi connectivity index (χ0v) is 12.6. The lowest BCUT2D eigenvalue weighted by atomic mass is 10.0. The summed E-state index contributed by atoms with van der Waals surface area (Å²) in [5, 5.41) is 11.4. The number of nitrogens with zero attached hydrogens (tertiary/aromatic N) is 3. The van der Waals surface area contributed by atoms with Gasteiger partial charge in [0.05, 0.1) is 12.3 Å². The minimum absolute atomic E-state index is 0.227. The molecule has 1 N–H and O–H groups in total. The Hall–Kier alpha value is -2.63. The molecule has 0 aliphatic rings. The predicted octanol–water partition coefficient (Wildman–Crippen LogP) is 2.84. The van der Waals surface area contributed by atoms with Crippen LogP contribution in [0.4, 0.5) is 0 Å². The van der Waals surface area contributed by atoms with Crippen LogP contribution >= 0.6 is 0 Å². The van der Waals surface area contributed by atoms with Crippen LogP contribution in [0.5, 0.6) is 0 Å². The molecule has 0 spiro atoms. The summed E-state index contributed by atoms with van der Waals surface area (Å²) in [4.78, 5) is 12.3. The van der Waals surface area contributed by atoms with Gasteiger partial charge in [0.25, 0.3) is 5.91 Å². The van der Waals surface area contributed by atoms with E-state index in [9.17, 15) is 4.79 Å². The van der Waals surface area contributed by atoms with Crippen molar-refractivity contribution in [2.75, 3.05) is 0 Å². The van der Waals surface area contributed by atoms with Crippen molar-refractivity contribution in [3.63, 3.8) is 0 Å². The van der Waals surface area contributed by atoms with Gasteiger partial charge in [-0.15, -0.1) is 10.2 Å². The topological polar surface area (TPSA) is 72.4 Å². The van der Waals surface area contributed by atoms with Gasteiger partial charge in [0.1, 0.15) is 0 Å². The van der Waals surface area contributed by atoms with Crippen LogP contribution in [0.3, 0.4) is 0 Å². The van der Waals surface area contributed by atoms with Gasteiger partial charge in [-0.3, -0.25) is 9.20 Å². The van der Waals surface area contributed by atoms with Gasteiger partial charge in [-0.1, -0.05) is 19.9 Å². The van der Waals surface area contributed by atoms with Crippen molar-refractivity contribution in [3.05, 3.63) is 54.4 Å². The lowest BCUT2D eigenvalue weighted by Gasteiger charge is -2.18. The summed E-state index contributed by atoms with van der Waals surface area (Å²) in [6.45, 7) is 4.21. The number of carbonyl (C=O) groups excluding carboxylic acids is 1. The second-order valence-electron chi connectivity index (χ2n) is 5.62. The van der Waals surface area contributed by atoms with Gasteiger partial charge < -0.3 is 9.73 Å². The maximum atomic E-state index is 12.3. The first-order valence-corrected chi connectivity index (χ1v) is 7.29. The van der Waals surface area contributed by atoms with Gasteiger partial charge in [0.2, 0.25) is 0 Å². The van der Waals surface area contributed by atoms with Crippen molar-refractivity contribution in [2.24, 2.45) is 5.92 Å². The smallest absolute Gasteiger partial charge is 0.287 e. The van der Waals surface area contributed by atoms with E-state index in [-0.39, 0.29) is 11.9 Å². The molecule has 0 bridgehead atoms. The first-order chi connectivity index (χ1) is 10.6. The van der Waals surface area contributed by atoms with E-state index in [1.807, 2.05) is 28.8 Å². The number of fused-ring (bicyclic) bond motifs is 1. The number of amides is 1. The Balaban J connectivity index is 1.91. The summed E-state index contributed by atoms with van der Waals surface area (Å²) in [5.74, 6) is 1.17. The summed E-state index contributed by atoms with van der Waals surface area (Å²) < 4.78 is 7.05. The maximum Gasteiger partial charge on any atom is 0.287 e. The van der Waals surface area contributed by atoms with Crippen molar-refractivity contribution in [2.45, 2.75) is 26.3 Å². The van der Waals surface area contributed by atoms with Crippen molar-refractivity contribution in [3.8, 4) is 0 Å². The highest BCUT2D eigenvalue weighted by Crippen LogP contribution is 2.21. The highest BCUT2D eigenvalue weighted by molar-refractivity contribution is 5.91. The van der Waals surface area contributed by atoms with Gasteiger partial charge in [0.15, 0.2) is 17.2 Å². The quantitative estimate of drug-likeness (QED) is 0.786. The van der Waals surface area contributed by atoms with Crippen LogP contribution in [0.15, 0.2) is 47.2 Å². The Bertz CT molecular complexity index is 761. The average molecular weight is 298 g/mol. The Morgan fingerprint density at radius 1 is 1.27 bits per heavy atom. The SMILES string of the molecule is CC(C)CC(NC(=O)c1ccco1)c1nnc2ccccn12. The molecular formula is C16H18N4O2. The molecule has 1 atom stereocenters. The predicted molar refractivity (Wildman–Crippen MR) is 81.4 cm³/mol. The van der Waals surface area contributed by atoms with Crippen LogP contribution in [0, 0.1) is 5.92 Å². The summed E-state index contributed by atoms with van der Waals surface area (Å²) >= 11 is 0. The second kappa shape index (κ2) is 6.01. The first kappa shape index (κ1) is 14.3. The standard InChI is InChI=1S/C16H18N4O2/c1-11(2)10-12(17-16(21)13-6-5-9-22-13)15-19-18-14-7-3-4-8-20(14)15/h3-9,11-12H,10H2,1-2H3,(H,17,21). The highest BCUT2D eigenvalue weighted by atomic mass is 16.3. The molecule has 3 aromatic heterocycles. The van der Waals surface area contributed by atoms with Crippen LogP contribution in [0.25, 0.3) is 5.65 Å². The van der Waals surface area contributed by atoms with Gasteiger partial charge in [-0.2, -0.15) is 0 Å². The molecule has 1 unspecified atom stereocenters. The molecule has 3 rings (SSSR count). The molecule has 1 amide bonds. The third-order valence-electron chi connectivity index (χ3n) is 3.41. The molecule has 0 aromatic carbocycles. The molecule has 0 fully saturated rings. The third-order valence-corrected chi connectivity index (χ3v) is 3.41. The molecule has 0 radical (unpaired) electrons. The molecule has 6 nitrogen and oxygen atoms in total. The normalized spacial score (nSPS) is 12.7. The van der Waals surface area contributed by atoms with Crippen LogP contribution in [-0.4, -0.2) is 20.5 Å². The van der Waals surface area contributed by atoms with Crippen LogP contribution < -0.4 is 5.32 Å². The molecule has 6 heteroatoms. The zero-order chi connectivity index (χ0) is 15.5. The second-order valence-corrected chi connectivity index (χ2v) is 5.62. The van der Waals surface area contributed by atoms with Crippen LogP contribution in [0.1, 0.15) is 42.7 Å². The highest BCUT2D eigenvalue weighted by Gasteiger charge is 2.23. The van der Waals surface area contributed by atoms with E-state index in [0.717, 1.165) is 17.9 Å². The number of nitrogens with one attached hydrogen (secondary N) is 1. The van der Waals surface area contributed by atoms with E-state index in [1.54, 1.807) is 12.1 Å². The molecule has 22 heavy (non-hydrogen) atoms.